The standard InChI is InChI=1S/C17H14FN3O3/c1-2-7-24-15-9-14(12(18)8-11(15)10-19)21-16(22)13-5-3-4-6-20(13)17(21)23/h2,5,8-9H,1,3-4,6-7H2. The van der Waals surface area contributed by atoms with E-state index >= 15 is 0 Å². The van der Waals surface area contributed by atoms with Gasteiger partial charge < -0.3 is 4.74 Å². The normalized spacial score (nSPS) is 16.6. The van der Waals surface area contributed by atoms with Gasteiger partial charge in [-0.15, -0.1) is 0 Å². The van der Waals surface area contributed by atoms with Crippen LogP contribution in [0.3, 0.4) is 0 Å². The molecule has 122 valence electrons. The summed E-state index contributed by atoms with van der Waals surface area (Å²) < 4.78 is 19.7. The Labute approximate surface area is 138 Å². The highest BCUT2D eigenvalue weighted by atomic mass is 19.1. The molecule has 0 spiro atoms. The molecule has 2 heterocycles. The number of carbonyl (C=O) groups is 2. The first-order chi connectivity index (χ1) is 11.6. The number of nitriles is 1. The van der Waals surface area contributed by atoms with Crippen LogP contribution in [-0.4, -0.2) is 30.0 Å². The number of amides is 3. The van der Waals surface area contributed by atoms with Gasteiger partial charge in [-0.25, -0.2) is 14.1 Å². The zero-order valence-electron chi connectivity index (χ0n) is 12.8. The monoisotopic (exact) mass is 327 g/mol. The number of halogens is 1. The molecule has 0 aliphatic carbocycles. The second-order valence-corrected chi connectivity index (χ2v) is 5.32. The van der Waals surface area contributed by atoms with Crippen molar-refractivity contribution in [3.05, 3.63) is 47.9 Å². The number of ether oxygens (including phenoxy) is 1. The molecule has 0 N–H and O–H groups in total. The van der Waals surface area contributed by atoms with Crippen LogP contribution < -0.4 is 9.64 Å². The van der Waals surface area contributed by atoms with Gasteiger partial charge in [0.15, 0.2) is 0 Å². The summed E-state index contributed by atoms with van der Waals surface area (Å²) in [5.41, 5.74) is 0.0241. The summed E-state index contributed by atoms with van der Waals surface area (Å²) in [5, 5.41) is 9.08. The molecule has 3 amide bonds. The molecule has 6 nitrogen and oxygen atoms in total. The number of carbonyl (C=O) groups excluding carboxylic acids is 2. The molecule has 0 unspecified atom stereocenters. The molecule has 0 radical (unpaired) electrons. The Hall–Kier alpha value is -3.14. The van der Waals surface area contributed by atoms with Crippen LogP contribution in [0.5, 0.6) is 5.75 Å². The Morgan fingerprint density at radius 3 is 2.88 bits per heavy atom. The van der Waals surface area contributed by atoms with E-state index in [1.807, 2.05) is 6.07 Å². The Balaban J connectivity index is 2.06. The lowest BCUT2D eigenvalue weighted by Crippen LogP contribution is -2.34. The summed E-state index contributed by atoms with van der Waals surface area (Å²) in [6, 6.07) is 3.39. The molecule has 1 aromatic carbocycles. The van der Waals surface area contributed by atoms with Gasteiger partial charge in [-0.1, -0.05) is 18.7 Å². The van der Waals surface area contributed by atoms with Crippen molar-refractivity contribution in [2.24, 2.45) is 0 Å². The third-order valence-electron chi connectivity index (χ3n) is 3.83. The molecule has 2 aliphatic rings. The maximum Gasteiger partial charge on any atom is 0.336 e. The summed E-state index contributed by atoms with van der Waals surface area (Å²) in [4.78, 5) is 27.1. The molecule has 0 bridgehead atoms. The average molecular weight is 327 g/mol. The summed E-state index contributed by atoms with van der Waals surface area (Å²) in [5.74, 6) is -1.31. The molecule has 1 fully saturated rings. The summed E-state index contributed by atoms with van der Waals surface area (Å²) in [7, 11) is 0. The second kappa shape index (κ2) is 6.16. The predicted molar refractivity (Wildman–Crippen MR) is 83.7 cm³/mol. The van der Waals surface area contributed by atoms with E-state index in [-0.39, 0.29) is 29.3 Å². The van der Waals surface area contributed by atoms with Crippen molar-refractivity contribution in [2.45, 2.75) is 12.8 Å². The first kappa shape index (κ1) is 15.7. The van der Waals surface area contributed by atoms with Crippen molar-refractivity contribution in [3.63, 3.8) is 0 Å². The van der Waals surface area contributed by atoms with Crippen LogP contribution in [0.4, 0.5) is 14.9 Å². The third kappa shape index (κ3) is 2.42. The second-order valence-electron chi connectivity index (χ2n) is 5.32. The molecule has 0 aromatic heterocycles. The predicted octanol–water partition coefficient (Wildman–Crippen LogP) is 2.71. The topological polar surface area (TPSA) is 73.6 Å². The average Bonchev–Trinajstić information content (AvgIpc) is 2.85. The van der Waals surface area contributed by atoms with E-state index in [0.717, 1.165) is 17.4 Å². The van der Waals surface area contributed by atoms with E-state index in [1.54, 1.807) is 6.08 Å². The fourth-order valence-electron chi connectivity index (χ4n) is 2.72. The van der Waals surface area contributed by atoms with Crippen LogP contribution in [0.25, 0.3) is 0 Å². The van der Waals surface area contributed by atoms with Crippen molar-refractivity contribution in [1.29, 1.82) is 5.26 Å². The molecule has 7 heteroatoms. The lowest BCUT2D eigenvalue weighted by atomic mass is 10.1. The Morgan fingerprint density at radius 2 is 2.21 bits per heavy atom. The van der Waals surface area contributed by atoms with Gasteiger partial charge >= 0.3 is 6.03 Å². The van der Waals surface area contributed by atoms with Crippen molar-refractivity contribution in [3.8, 4) is 11.8 Å². The number of benzene rings is 1. The van der Waals surface area contributed by atoms with Gasteiger partial charge in [0.05, 0.1) is 11.3 Å². The highest BCUT2D eigenvalue weighted by Gasteiger charge is 2.43. The van der Waals surface area contributed by atoms with E-state index in [9.17, 15) is 14.0 Å². The smallest absolute Gasteiger partial charge is 0.336 e. The minimum absolute atomic E-state index is 0.0193. The van der Waals surface area contributed by atoms with Crippen molar-refractivity contribution < 1.29 is 18.7 Å². The lowest BCUT2D eigenvalue weighted by Gasteiger charge is -2.19. The first-order valence-corrected chi connectivity index (χ1v) is 7.42. The van der Waals surface area contributed by atoms with Crippen LogP contribution in [-0.2, 0) is 4.79 Å². The minimum Gasteiger partial charge on any atom is -0.488 e. The number of imide groups is 1. The van der Waals surface area contributed by atoms with Crippen molar-refractivity contribution in [2.75, 3.05) is 18.1 Å². The molecule has 3 rings (SSSR count). The van der Waals surface area contributed by atoms with E-state index in [0.29, 0.717) is 13.0 Å². The molecule has 0 saturated carbocycles. The number of rotatable bonds is 4. The number of hydrogen-bond acceptors (Lipinski definition) is 4. The molecule has 0 atom stereocenters. The fourth-order valence-corrected chi connectivity index (χ4v) is 2.72. The highest BCUT2D eigenvalue weighted by Crippen LogP contribution is 2.35. The van der Waals surface area contributed by atoms with Crippen LogP contribution in [0.15, 0.2) is 36.6 Å². The fraction of sp³-hybridized carbons (Fsp3) is 0.235. The zero-order chi connectivity index (χ0) is 17.3. The van der Waals surface area contributed by atoms with Gasteiger partial charge in [-0.05, 0) is 18.9 Å². The third-order valence-corrected chi connectivity index (χ3v) is 3.83. The SMILES string of the molecule is C=CCOc1cc(N2C(=O)C3=CCCCN3C2=O)c(F)cc1C#N. The maximum atomic E-state index is 14.4. The number of urea groups is 1. The summed E-state index contributed by atoms with van der Waals surface area (Å²) in [6.45, 7) is 4.04. The van der Waals surface area contributed by atoms with Gasteiger partial charge in [0.2, 0.25) is 0 Å². The number of nitrogens with zero attached hydrogens (tertiary/aromatic N) is 3. The Kier molecular flexibility index (Phi) is 4.04. The Bertz CT molecular complexity index is 810. The van der Waals surface area contributed by atoms with Gasteiger partial charge in [-0.3, -0.25) is 9.69 Å². The highest BCUT2D eigenvalue weighted by molar-refractivity contribution is 6.27. The molecule has 2 aliphatic heterocycles. The molecular weight excluding hydrogens is 313 g/mol. The molecular formula is C17H14FN3O3. The van der Waals surface area contributed by atoms with Gasteiger partial charge in [-0.2, -0.15) is 5.26 Å². The van der Waals surface area contributed by atoms with E-state index in [4.69, 9.17) is 10.00 Å². The molecule has 24 heavy (non-hydrogen) atoms. The zero-order valence-corrected chi connectivity index (χ0v) is 12.8. The summed E-state index contributed by atoms with van der Waals surface area (Å²) in [6.07, 6.45) is 4.60. The quantitative estimate of drug-likeness (QED) is 0.629. The van der Waals surface area contributed by atoms with Crippen LogP contribution in [0.2, 0.25) is 0 Å². The van der Waals surface area contributed by atoms with Gasteiger partial charge in [0, 0.05) is 12.6 Å². The first-order valence-electron chi connectivity index (χ1n) is 7.42. The number of fused-ring (bicyclic) bond motifs is 1. The van der Waals surface area contributed by atoms with Crippen LogP contribution in [0, 0.1) is 17.1 Å². The van der Waals surface area contributed by atoms with Gasteiger partial charge in [0.1, 0.15) is 29.9 Å². The van der Waals surface area contributed by atoms with E-state index in [2.05, 4.69) is 6.58 Å². The van der Waals surface area contributed by atoms with Crippen molar-refractivity contribution >= 4 is 17.6 Å². The van der Waals surface area contributed by atoms with Gasteiger partial charge in [0.25, 0.3) is 5.91 Å². The minimum atomic E-state index is -0.834. The summed E-state index contributed by atoms with van der Waals surface area (Å²) >= 11 is 0. The van der Waals surface area contributed by atoms with Crippen molar-refractivity contribution in [1.82, 2.24) is 4.90 Å². The maximum absolute atomic E-state index is 14.4. The molecule has 1 aromatic rings. The Morgan fingerprint density at radius 1 is 1.42 bits per heavy atom. The van der Waals surface area contributed by atoms with E-state index in [1.165, 1.54) is 17.0 Å². The number of allylic oxidation sites excluding steroid dienone is 1. The van der Waals surface area contributed by atoms with Crippen LogP contribution >= 0.6 is 0 Å². The number of anilines is 1. The largest absolute Gasteiger partial charge is 0.488 e. The number of hydrogen-bond donors (Lipinski definition) is 0. The lowest BCUT2D eigenvalue weighted by molar-refractivity contribution is -0.114. The van der Waals surface area contributed by atoms with Crippen LogP contribution in [0.1, 0.15) is 18.4 Å². The van der Waals surface area contributed by atoms with E-state index < -0.39 is 17.8 Å². The molecule has 1 saturated heterocycles.